The van der Waals surface area contributed by atoms with Gasteiger partial charge in [-0.05, 0) is 69.0 Å². The Balaban J connectivity index is 1.28. The molecule has 5 rings (SSSR count). The van der Waals surface area contributed by atoms with Crippen molar-refractivity contribution in [1.29, 1.82) is 0 Å². The normalized spacial score (nSPS) is 21.7. The summed E-state index contributed by atoms with van der Waals surface area (Å²) in [5, 5.41) is 1.07. The van der Waals surface area contributed by atoms with Crippen molar-refractivity contribution < 1.29 is 16.8 Å². The summed E-state index contributed by atoms with van der Waals surface area (Å²) in [4.78, 5) is 5.03. The molecule has 0 aliphatic carbocycles. The fraction of sp³-hybridized carbons (Fsp3) is 0.458. The van der Waals surface area contributed by atoms with Gasteiger partial charge in [0, 0.05) is 31.6 Å². The minimum atomic E-state index is -3.68. The van der Waals surface area contributed by atoms with E-state index in [-0.39, 0.29) is 21.8 Å². The Morgan fingerprint density at radius 1 is 0.824 bits per heavy atom. The smallest absolute Gasteiger partial charge is 0.241 e. The van der Waals surface area contributed by atoms with Crippen LogP contribution in [0.4, 0.5) is 0 Å². The molecule has 2 fully saturated rings. The molecule has 2 saturated heterocycles. The molecule has 0 unspecified atom stereocenters. The summed E-state index contributed by atoms with van der Waals surface area (Å²) in [6.07, 6.45) is 4.17. The molecular weight excluding hydrogens is 490 g/mol. The zero-order chi connectivity index (χ0) is 23.9. The third kappa shape index (κ3) is 4.42. The maximum Gasteiger partial charge on any atom is 0.243 e. The first-order valence-corrected chi connectivity index (χ1v) is 15.4. The SMILES string of the molecule is C[C@@H]1CCCCN1S(=O)(=O)c1ccc(S(=O)(=O)N2CCC(c3nc4ccccc4s3)CC2)cc1. The highest BCUT2D eigenvalue weighted by molar-refractivity contribution is 7.89. The number of benzene rings is 2. The van der Waals surface area contributed by atoms with Crippen molar-refractivity contribution in [3.8, 4) is 0 Å². The number of aromatic nitrogens is 1. The Morgan fingerprint density at radius 2 is 1.47 bits per heavy atom. The standard InChI is InChI=1S/C24H29N3O4S3/c1-18-6-4-5-15-27(18)34(30,31)21-11-9-20(10-12-21)33(28,29)26-16-13-19(14-17-26)24-25-22-7-2-3-8-23(22)32-24/h2-3,7-12,18-19H,4-6,13-17H2,1H3/t18-/m1/s1. The van der Waals surface area contributed by atoms with Crippen LogP contribution in [0.15, 0.2) is 58.3 Å². The summed E-state index contributed by atoms with van der Waals surface area (Å²) in [5.74, 6) is 0.253. The molecular formula is C24H29N3O4S3. The van der Waals surface area contributed by atoms with Gasteiger partial charge in [-0.25, -0.2) is 21.8 Å². The van der Waals surface area contributed by atoms with Crippen LogP contribution in [-0.2, 0) is 20.0 Å². The van der Waals surface area contributed by atoms with Gasteiger partial charge >= 0.3 is 0 Å². The molecule has 3 heterocycles. The molecule has 0 bridgehead atoms. The average Bonchev–Trinajstić information content (AvgIpc) is 3.29. The summed E-state index contributed by atoms with van der Waals surface area (Å²) in [6.45, 7) is 3.28. The zero-order valence-electron chi connectivity index (χ0n) is 19.1. The second kappa shape index (κ2) is 9.31. The minimum Gasteiger partial charge on any atom is -0.241 e. The molecule has 3 aromatic rings. The van der Waals surface area contributed by atoms with Crippen LogP contribution in [0.2, 0.25) is 0 Å². The number of hydrogen-bond donors (Lipinski definition) is 0. The van der Waals surface area contributed by atoms with E-state index in [4.69, 9.17) is 4.98 Å². The van der Waals surface area contributed by atoms with Crippen LogP contribution in [0.3, 0.4) is 0 Å². The van der Waals surface area contributed by atoms with E-state index in [2.05, 4.69) is 6.07 Å². The summed E-state index contributed by atoms with van der Waals surface area (Å²) in [7, 11) is -7.31. The first-order chi connectivity index (χ1) is 16.3. The van der Waals surface area contributed by atoms with Crippen molar-refractivity contribution in [2.45, 2.75) is 60.8 Å². The average molecular weight is 520 g/mol. The fourth-order valence-corrected chi connectivity index (χ4v) is 9.21. The van der Waals surface area contributed by atoms with Gasteiger partial charge in [-0.2, -0.15) is 8.61 Å². The van der Waals surface area contributed by atoms with Gasteiger partial charge < -0.3 is 0 Å². The van der Waals surface area contributed by atoms with Crippen molar-refractivity contribution in [2.75, 3.05) is 19.6 Å². The first-order valence-electron chi connectivity index (χ1n) is 11.7. The van der Waals surface area contributed by atoms with Gasteiger partial charge in [0.05, 0.1) is 25.0 Å². The Labute approximate surface area is 205 Å². The second-order valence-corrected chi connectivity index (χ2v) is 14.0. The van der Waals surface area contributed by atoms with Gasteiger partial charge in [-0.15, -0.1) is 11.3 Å². The number of hydrogen-bond acceptors (Lipinski definition) is 6. The van der Waals surface area contributed by atoms with E-state index in [0.717, 1.165) is 47.3 Å². The monoisotopic (exact) mass is 519 g/mol. The van der Waals surface area contributed by atoms with Crippen molar-refractivity contribution in [2.24, 2.45) is 0 Å². The molecule has 182 valence electrons. The lowest BCUT2D eigenvalue weighted by Crippen LogP contribution is -2.41. The van der Waals surface area contributed by atoms with Gasteiger partial charge in [0.2, 0.25) is 20.0 Å². The van der Waals surface area contributed by atoms with Crippen LogP contribution in [0.5, 0.6) is 0 Å². The molecule has 0 saturated carbocycles. The molecule has 10 heteroatoms. The predicted octanol–water partition coefficient (Wildman–Crippen LogP) is 4.43. The van der Waals surface area contributed by atoms with Crippen LogP contribution in [-0.4, -0.2) is 56.1 Å². The van der Waals surface area contributed by atoms with Gasteiger partial charge in [0.15, 0.2) is 0 Å². The topological polar surface area (TPSA) is 87.7 Å². The summed E-state index contributed by atoms with van der Waals surface area (Å²) in [5.41, 5.74) is 0.992. The molecule has 1 atom stereocenters. The molecule has 7 nitrogen and oxygen atoms in total. The highest BCUT2D eigenvalue weighted by atomic mass is 32.2. The molecule has 2 aromatic carbocycles. The Morgan fingerprint density at radius 3 is 2.12 bits per heavy atom. The van der Waals surface area contributed by atoms with Gasteiger partial charge in [-0.1, -0.05) is 18.6 Å². The van der Waals surface area contributed by atoms with Crippen molar-refractivity contribution in [3.05, 3.63) is 53.5 Å². The maximum absolute atomic E-state index is 13.2. The molecule has 0 spiro atoms. The van der Waals surface area contributed by atoms with Crippen molar-refractivity contribution >= 4 is 41.6 Å². The van der Waals surface area contributed by atoms with Crippen LogP contribution in [0.1, 0.15) is 50.0 Å². The van der Waals surface area contributed by atoms with Gasteiger partial charge in [0.25, 0.3) is 0 Å². The number of fused-ring (bicyclic) bond motifs is 1. The summed E-state index contributed by atoms with van der Waals surface area (Å²) >= 11 is 1.68. The number of thiazole rings is 1. The van der Waals surface area contributed by atoms with Crippen LogP contribution >= 0.6 is 11.3 Å². The largest absolute Gasteiger partial charge is 0.243 e. The van der Waals surface area contributed by atoms with E-state index in [0.29, 0.717) is 19.6 Å². The van der Waals surface area contributed by atoms with Crippen LogP contribution < -0.4 is 0 Å². The Bertz CT molecular complexity index is 1340. The van der Waals surface area contributed by atoms with Gasteiger partial charge in [0.1, 0.15) is 0 Å². The first kappa shape index (κ1) is 23.9. The number of para-hydroxylation sites is 1. The highest BCUT2D eigenvalue weighted by Gasteiger charge is 2.33. The number of sulfonamides is 2. The van der Waals surface area contributed by atoms with Crippen LogP contribution in [0.25, 0.3) is 10.2 Å². The van der Waals surface area contributed by atoms with E-state index in [1.165, 1.54) is 32.9 Å². The molecule has 34 heavy (non-hydrogen) atoms. The zero-order valence-corrected chi connectivity index (χ0v) is 21.6. The number of piperidine rings is 2. The molecule has 1 aromatic heterocycles. The van der Waals surface area contributed by atoms with Crippen LogP contribution in [0, 0.1) is 0 Å². The molecule has 0 radical (unpaired) electrons. The molecule has 2 aliphatic heterocycles. The van der Waals surface area contributed by atoms with E-state index in [9.17, 15) is 16.8 Å². The third-order valence-corrected chi connectivity index (χ3v) is 12.1. The third-order valence-electron chi connectivity index (χ3n) is 6.92. The lowest BCUT2D eigenvalue weighted by Gasteiger charge is -2.32. The summed E-state index contributed by atoms with van der Waals surface area (Å²) < 4.78 is 56.8. The van der Waals surface area contributed by atoms with Crippen molar-refractivity contribution in [1.82, 2.24) is 13.6 Å². The highest BCUT2D eigenvalue weighted by Crippen LogP contribution is 2.35. The number of rotatable bonds is 5. The second-order valence-electron chi connectivity index (χ2n) is 9.13. The lowest BCUT2D eigenvalue weighted by atomic mass is 9.99. The Kier molecular flexibility index (Phi) is 6.54. The van der Waals surface area contributed by atoms with Gasteiger partial charge in [-0.3, -0.25) is 0 Å². The predicted molar refractivity (Wildman–Crippen MR) is 134 cm³/mol. The number of nitrogens with zero attached hydrogens (tertiary/aromatic N) is 3. The lowest BCUT2D eigenvalue weighted by molar-refractivity contribution is 0.268. The molecule has 2 aliphatic rings. The van der Waals surface area contributed by atoms with E-state index < -0.39 is 20.0 Å². The molecule has 0 N–H and O–H groups in total. The van der Waals surface area contributed by atoms with E-state index in [1.807, 2.05) is 25.1 Å². The van der Waals surface area contributed by atoms with E-state index >= 15 is 0 Å². The van der Waals surface area contributed by atoms with Crippen molar-refractivity contribution in [3.63, 3.8) is 0 Å². The molecule has 0 amide bonds. The maximum atomic E-state index is 13.2. The summed E-state index contributed by atoms with van der Waals surface area (Å²) in [6, 6.07) is 13.7. The fourth-order valence-electron chi connectivity index (χ4n) is 4.90. The quantitative estimate of drug-likeness (QED) is 0.498. The minimum absolute atomic E-state index is 0.0427. The Hall–Kier alpha value is -1.85. The van der Waals surface area contributed by atoms with E-state index in [1.54, 1.807) is 11.3 Å².